The highest BCUT2D eigenvalue weighted by atomic mass is 16.5. The number of pyridine rings is 1. The molecule has 2 aliphatic heterocycles. The third kappa shape index (κ3) is 4.57. The topological polar surface area (TPSA) is 74.7 Å². The fourth-order valence-electron chi connectivity index (χ4n) is 4.68. The number of hydrogen-bond acceptors (Lipinski definition) is 7. The number of anilines is 2. The zero-order chi connectivity index (χ0) is 21.0. The van der Waals surface area contributed by atoms with Crippen LogP contribution in [-0.4, -0.2) is 71.4 Å². The monoisotopic (exact) mass is 422 g/mol. The molecule has 3 aliphatic rings. The van der Waals surface area contributed by atoms with Crippen molar-refractivity contribution in [3.8, 4) is 5.88 Å². The molecule has 3 fully saturated rings. The number of carbonyl (C=O) groups is 1. The molecule has 8 heteroatoms. The minimum Gasteiger partial charge on any atom is -0.474 e. The molecule has 0 bridgehead atoms. The number of aromatic nitrogens is 3. The Hall–Kier alpha value is -2.90. The molecule has 0 atom stereocenters. The van der Waals surface area contributed by atoms with Crippen molar-refractivity contribution in [2.24, 2.45) is 0 Å². The van der Waals surface area contributed by atoms with Crippen molar-refractivity contribution in [2.45, 2.75) is 44.6 Å². The average Bonchev–Trinajstić information content (AvgIpc) is 3.54. The summed E-state index contributed by atoms with van der Waals surface area (Å²) in [6.45, 7) is 4.96. The Morgan fingerprint density at radius 1 is 0.806 bits per heavy atom. The quantitative estimate of drug-likeness (QED) is 0.733. The van der Waals surface area contributed by atoms with Gasteiger partial charge in [0.25, 0.3) is 5.91 Å². The van der Waals surface area contributed by atoms with E-state index < -0.39 is 0 Å². The van der Waals surface area contributed by atoms with Gasteiger partial charge in [0.2, 0.25) is 5.88 Å². The van der Waals surface area contributed by atoms with Crippen molar-refractivity contribution >= 4 is 17.5 Å². The molecule has 31 heavy (non-hydrogen) atoms. The Labute approximate surface area is 183 Å². The molecule has 4 heterocycles. The fourth-order valence-corrected chi connectivity index (χ4v) is 4.68. The lowest BCUT2D eigenvalue weighted by Crippen LogP contribution is -2.49. The van der Waals surface area contributed by atoms with E-state index in [0.717, 1.165) is 50.7 Å². The highest BCUT2D eigenvalue weighted by Crippen LogP contribution is 2.23. The second-order valence-electron chi connectivity index (χ2n) is 8.63. The minimum absolute atomic E-state index is 0.0232. The molecule has 2 aromatic heterocycles. The van der Waals surface area contributed by atoms with Crippen LogP contribution in [0.2, 0.25) is 0 Å². The molecule has 0 N–H and O–H groups in total. The van der Waals surface area contributed by atoms with Crippen LogP contribution in [-0.2, 0) is 0 Å². The first-order chi connectivity index (χ1) is 15.3. The van der Waals surface area contributed by atoms with Crippen LogP contribution in [0.5, 0.6) is 5.88 Å². The van der Waals surface area contributed by atoms with Crippen LogP contribution in [0.1, 0.15) is 48.9 Å². The summed E-state index contributed by atoms with van der Waals surface area (Å²) < 4.78 is 5.90. The van der Waals surface area contributed by atoms with Crippen molar-refractivity contribution in [3.63, 3.8) is 0 Å². The van der Waals surface area contributed by atoms with E-state index in [-0.39, 0.29) is 12.0 Å². The van der Waals surface area contributed by atoms with Gasteiger partial charge >= 0.3 is 0 Å². The predicted octanol–water partition coefficient (Wildman–Crippen LogP) is 2.76. The Morgan fingerprint density at radius 2 is 1.45 bits per heavy atom. The van der Waals surface area contributed by atoms with E-state index in [1.165, 1.54) is 25.7 Å². The van der Waals surface area contributed by atoms with Gasteiger partial charge in [0.15, 0.2) is 11.6 Å². The van der Waals surface area contributed by atoms with Gasteiger partial charge in [-0.25, -0.2) is 4.98 Å². The third-order valence-electron chi connectivity index (χ3n) is 6.53. The van der Waals surface area contributed by atoms with E-state index in [4.69, 9.17) is 4.74 Å². The summed E-state index contributed by atoms with van der Waals surface area (Å²) in [7, 11) is 0. The van der Waals surface area contributed by atoms with E-state index in [1.54, 1.807) is 6.20 Å². The van der Waals surface area contributed by atoms with Gasteiger partial charge in [-0.05, 0) is 56.7 Å². The zero-order valence-corrected chi connectivity index (χ0v) is 17.9. The molecule has 164 valence electrons. The van der Waals surface area contributed by atoms with Crippen LogP contribution in [0.15, 0.2) is 30.5 Å². The molecule has 2 aromatic rings. The molecule has 0 radical (unpaired) electrons. The number of nitrogens with zero attached hydrogens (tertiary/aromatic N) is 6. The van der Waals surface area contributed by atoms with Gasteiger partial charge in [-0.15, -0.1) is 10.2 Å². The van der Waals surface area contributed by atoms with Crippen molar-refractivity contribution in [3.05, 3.63) is 36.0 Å². The molecule has 1 saturated carbocycles. The normalized spacial score (nSPS) is 19.8. The summed E-state index contributed by atoms with van der Waals surface area (Å²) in [6, 6.07) is 7.76. The molecule has 0 aromatic carbocycles. The van der Waals surface area contributed by atoms with Crippen LogP contribution < -0.4 is 14.5 Å². The molecule has 1 aliphatic carbocycles. The van der Waals surface area contributed by atoms with Gasteiger partial charge in [0, 0.05) is 51.5 Å². The fraction of sp³-hybridized carbons (Fsp3) is 0.565. The van der Waals surface area contributed by atoms with Crippen molar-refractivity contribution in [2.75, 3.05) is 49.1 Å². The zero-order valence-electron chi connectivity index (χ0n) is 17.9. The smallest absolute Gasteiger partial charge is 0.255 e. The molecule has 0 unspecified atom stereocenters. The Bertz CT molecular complexity index is 868. The number of carbonyl (C=O) groups excluding carboxylic acids is 1. The molecular weight excluding hydrogens is 392 g/mol. The lowest BCUT2D eigenvalue weighted by molar-refractivity contribution is 0.0746. The van der Waals surface area contributed by atoms with Gasteiger partial charge in [-0.1, -0.05) is 0 Å². The molecule has 5 rings (SSSR count). The van der Waals surface area contributed by atoms with E-state index in [9.17, 15) is 4.79 Å². The first kappa shape index (κ1) is 20.0. The largest absolute Gasteiger partial charge is 0.474 e. The molecule has 0 spiro atoms. The van der Waals surface area contributed by atoms with Gasteiger partial charge in [0.1, 0.15) is 6.10 Å². The van der Waals surface area contributed by atoms with Crippen LogP contribution in [0.3, 0.4) is 0 Å². The number of ether oxygens (including phenoxy) is 1. The number of rotatable bonds is 5. The highest BCUT2D eigenvalue weighted by molar-refractivity contribution is 5.94. The van der Waals surface area contributed by atoms with Crippen molar-refractivity contribution in [1.29, 1.82) is 0 Å². The van der Waals surface area contributed by atoms with E-state index >= 15 is 0 Å². The maximum atomic E-state index is 12.9. The van der Waals surface area contributed by atoms with Crippen molar-refractivity contribution < 1.29 is 9.53 Å². The Balaban J connectivity index is 1.14. The summed E-state index contributed by atoms with van der Waals surface area (Å²) in [4.78, 5) is 23.6. The van der Waals surface area contributed by atoms with Crippen LogP contribution >= 0.6 is 0 Å². The lowest BCUT2D eigenvalue weighted by atomic mass is 10.2. The highest BCUT2D eigenvalue weighted by Gasteiger charge is 2.24. The predicted molar refractivity (Wildman–Crippen MR) is 119 cm³/mol. The van der Waals surface area contributed by atoms with Gasteiger partial charge in [-0.3, -0.25) is 4.79 Å². The molecular formula is C23H30N6O2. The first-order valence-electron chi connectivity index (χ1n) is 11.5. The standard InChI is InChI=1S/C23H30N6O2/c30-23(18-7-10-22(24-17-18)31-19-5-1-2-6-19)29-15-13-28(14-16-29)21-9-8-20(25-26-21)27-11-3-4-12-27/h7-10,17,19H,1-6,11-16H2. The lowest BCUT2D eigenvalue weighted by Gasteiger charge is -2.35. The van der Waals surface area contributed by atoms with E-state index in [0.29, 0.717) is 24.5 Å². The van der Waals surface area contributed by atoms with Gasteiger partial charge in [-0.2, -0.15) is 0 Å². The second kappa shape index (κ2) is 9.08. The molecule has 1 amide bonds. The second-order valence-corrected chi connectivity index (χ2v) is 8.63. The Kier molecular flexibility index (Phi) is 5.86. The van der Waals surface area contributed by atoms with Crippen LogP contribution in [0.25, 0.3) is 0 Å². The molecule has 8 nitrogen and oxygen atoms in total. The van der Waals surface area contributed by atoms with E-state index in [2.05, 4.69) is 31.0 Å². The minimum atomic E-state index is 0.0232. The molecule has 2 saturated heterocycles. The van der Waals surface area contributed by atoms with Crippen LogP contribution in [0.4, 0.5) is 11.6 Å². The summed E-state index contributed by atoms with van der Waals surface area (Å²) in [5.74, 6) is 2.48. The summed E-state index contributed by atoms with van der Waals surface area (Å²) >= 11 is 0. The summed E-state index contributed by atoms with van der Waals surface area (Å²) in [6.07, 6.45) is 9.01. The van der Waals surface area contributed by atoms with E-state index in [1.807, 2.05) is 23.1 Å². The van der Waals surface area contributed by atoms with Crippen molar-refractivity contribution in [1.82, 2.24) is 20.1 Å². The SMILES string of the molecule is O=C(c1ccc(OC2CCCC2)nc1)N1CCN(c2ccc(N3CCCC3)nn2)CC1. The summed E-state index contributed by atoms with van der Waals surface area (Å²) in [5.41, 5.74) is 0.613. The average molecular weight is 423 g/mol. The number of amides is 1. The Morgan fingerprint density at radius 3 is 2.03 bits per heavy atom. The van der Waals surface area contributed by atoms with Gasteiger partial charge < -0.3 is 19.4 Å². The maximum absolute atomic E-state index is 12.9. The van der Waals surface area contributed by atoms with Crippen LogP contribution in [0, 0.1) is 0 Å². The summed E-state index contributed by atoms with van der Waals surface area (Å²) in [5, 5.41) is 8.85. The number of piperazine rings is 1. The first-order valence-corrected chi connectivity index (χ1v) is 11.5. The van der Waals surface area contributed by atoms with Gasteiger partial charge in [0.05, 0.1) is 5.56 Å². The maximum Gasteiger partial charge on any atom is 0.255 e. The number of hydrogen-bond donors (Lipinski definition) is 0. The third-order valence-corrected chi connectivity index (χ3v) is 6.53.